The van der Waals surface area contributed by atoms with Crippen molar-refractivity contribution in [1.29, 1.82) is 0 Å². The Labute approximate surface area is 238 Å². The van der Waals surface area contributed by atoms with E-state index in [1.165, 1.54) is 6.92 Å². The quantitative estimate of drug-likeness (QED) is 0.433. The predicted octanol–water partition coefficient (Wildman–Crippen LogP) is 4.89. The van der Waals surface area contributed by atoms with Gasteiger partial charge in [-0.3, -0.25) is 9.59 Å². The van der Waals surface area contributed by atoms with Gasteiger partial charge in [0.2, 0.25) is 0 Å². The van der Waals surface area contributed by atoms with Crippen LogP contribution in [0, 0.1) is 12.8 Å². The van der Waals surface area contributed by atoms with Crippen LogP contribution in [0.2, 0.25) is 5.02 Å². The number of hydrogen-bond donors (Lipinski definition) is 1. The van der Waals surface area contributed by atoms with Crippen LogP contribution in [0.25, 0.3) is 12.3 Å². The normalized spacial score (nSPS) is 19.1. The van der Waals surface area contributed by atoms with Gasteiger partial charge in [-0.1, -0.05) is 42.4 Å². The molecule has 0 radical (unpaired) electrons. The largest absolute Gasteiger partial charge is 0.373 e. The molecule has 5 nitrogen and oxygen atoms in total. The summed E-state index contributed by atoms with van der Waals surface area (Å²) in [7, 11) is 0. The van der Waals surface area contributed by atoms with Gasteiger partial charge >= 0.3 is 0 Å². The third kappa shape index (κ3) is 7.34. The highest BCUT2D eigenvalue weighted by atomic mass is 35.5. The number of rotatable bonds is 9. The molecule has 0 spiro atoms. The molecule has 39 heavy (non-hydrogen) atoms. The van der Waals surface area contributed by atoms with E-state index in [9.17, 15) is 18.4 Å². The van der Waals surface area contributed by atoms with E-state index in [1.807, 2.05) is 24.0 Å². The molecule has 2 aromatic carbocycles. The van der Waals surface area contributed by atoms with Crippen LogP contribution in [0.4, 0.5) is 8.78 Å². The third-order valence-electron chi connectivity index (χ3n) is 7.58. The van der Waals surface area contributed by atoms with Crippen LogP contribution < -0.4 is 15.8 Å². The molecule has 1 saturated heterocycles. The molecule has 2 atom stereocenters. The molecule has 2 aromatic rings. The molecule has 2 heterocycles. The second-order valence-electron chi connectivity index (χ2n) is 10.4. The maximum Gasteiger partial charge on any atom is 0.293 e. The first-order chi connectivity index (χ1) is 18.6. The molecule has 9 heteroatoms. The van der Waals surface area contributed by atoms with Gasteiger partial charge in [0.1, 0.15) is 0 Å². The molecule has 1 N–H and O–H groups in total. The number of hydrogen-bond acceptors (Lipinski definition) is 4. The van der Waals surface area contributed by atoms with Gasteiger partial charge < -0.3 is 15.1 Å². The SMILES string of the molecule is CCC(F)(F)SCCNC(=O)c1ccc2c(c1C)=CN(CC1CCN(C(=O)c3ccc(Cl)cc3)C1)C(C)CC=2. The minimum Gasteiger partial charge on any atom is -0.373 e. The van der Waals surface area contributed by atoms with Crippen LogP contribution in [0.5, 0.6) is 0 Å². The lowest BCUT2D eigenvalue weighted by atomic mass is 10.0. The summed E-state index contributed by atoms with van der Waals surface area (Å²) >= 11 is 6.54. The van der Waals surface area contributed by atoms with E-state index in [2.05, 4.69) is 29.4 Å². The van der Waals surface area contributed by atoms with E-state index >= 15 is 0 Å². The van der Waals surface area contributed by atoms with Gasteiger partial charge in [-0.25, -0.2) is 0 Å². The third-order valence-corrected chi connectivity index (χ3v) is 8.95. The molecule has 0 bridgehead atoms. The van der Waals surface area contributed by atoms with Crippen LogP contribution in [0.3, 0.4) is 0 Å². The number of carbonyl (C=O) groups excluding carboxylic acids is 2. The topological polar surface area (TPSA) is 52.7 Å². The molecule has 2 unspecified atom stereocenters. The minimum atomic E-state index is -2.77. The van der Waals surface area contributed by atoms with Crippen molar-refractivity contribution >= 4 is 47.5 Å². The molecule has 0 saturated carbocycles. The van der Waals surface area contributed by atoms with Crippen molar-refractivity contribution in [2.24, 2.45) is 5.92 Å². The zero-order chi connectivity index (χ0) is 28.2. The molecule has 2 aliphatic rings. The van der Waals surface area contributed by atoms with E-state index in [-0.39, 0.29) is 36.6 Å². The van der Waals surface area contributed by atoms with Crippen molar-refractivity contribution in [3.8, 4) is 0 Å². The summed E-state index contributed by atoms with van der Waals surface area (Å²) in [6.07, 6.45) is 5.94. The molecular weight excluding hydrogens is 540 g/mol. The summed E-state index contributed by atoms with van der Waals surface area (Å²) < 4.78 is 26.9. The number of nitrogens with zero attached hydrogens (tertiary/aromatic N) is 2. The van der Waals surface area contributed by atoms with Crippen molar-refractivity contribution in [1.82, 2.24) is 15.1 Å². The van der Waals surface area contributed by atoms with Gasteiger partial charge in [0.25, 0.3) is 17.1 Å². The monoisotopic (exact) mass is 575 g/mol. The lowest BCUT2D eigenvalue weighted by molar-refractivity contribution is 0.0784. The smallest absolute Gasteiger partial charge is 0.293 e. The van der Waals surface area contributed by atoms with Crippen LogP contribution in [-0.2, 0) is 0 Å². The average molecular weight is 576 g/mol. The van der Waals surface area contributed by atoms with Crippen LogP contribution in [0.15, 0.2) is 36.4 Å². The Bertz CT molecular complexity index is 1320. The summed E-state index contributed by atoms with van der Waals surface area (Å²) in [6, 6.07) is 11.1. The van der Waals surface area contributed by atoms with E-state index in [0.717, 1.165) is 41.9 Å². The van der Waals surface area contributed by atoms with Gasteiger partial charge in [0.05, 0.1) is 0 Å². The first kappa shape index (κ1) is 29.4. The Morgan fingerprint density at radius 3 is 2.64 bits per heavy atom. The molecule has 2 amide bonds. The number of halogens is 3. The Kier molecular flexibility index (Phi) is 9.60. The van der Waals surface area contributed by atoms with Crippen molar-refractivity contribution in [3.63, 3.8) is 0 Å². The second kappa shape index (κ2) is 12.7. The maximum absolute atomic E-state index is 13.5. The summed E-state index contributed by atoms with van der Waals surface area (Å²) in [5.41, 5.74) is 2.08. The highest BCUT2D eigenvalue weighted by Gasteiger charge is 2.29. The van der Waals surface area contributed by atoms with E-state index < -0.39 is 5.25 Å². The molecule has 1 fully saturated rings. The minimum absolute atomic E-state index is 0.0315. The average Bonchev–Trinajstić information content (AvgIpc) is 3.32. The summed E-state index contributed by atoms with van der Waals surface area (Å²) in [4.78, 5) is 30.1. The molecular formula is C30H36ClF2N3O2S. The lowest BCUT2D eigenvalue weighted by Crippen LogP contribution is -2.37. The van der Waals surface area contributed by atoms with Gasteiger partial charge in [-0.05, 0) is 73.7 Å². The van der Waals surface area contributed by atoms with Crippen molar-refractivity contribution in [3.05, 3.63) is 68.5 Å². The van der Waals surface area contributed by atoms with Crippen LogP contribution in [-0.4, -0.2) is 64.8 Å². The first-order valence-corrected chi connectivity index (χ1v) is 14.9. The number of amides is 2. The highest BCUT2D eigenvalue weighted by molar-refractivity contribution is 8.00. The molecule has 0 aliphatic carbocycles. The molecule has 4 rings (SSSR count). The fourth-order valence-electron chi connectivity index (χ4n) is 5.10. The predicted molar refractivity (Wildman–Crippen MR) is 156 cm³/mol. The van der Waals surface area contributed by atoms with Crippen LogP contribution >= 0.6 is 23.4 Å². The van der Waals surface area contributed by atoms with Crippen LogP contribution in [0.1, 0.15) is 59.4 Å². The Hall–Kier alpha value is -2.58. The lowest BCUT2D eigenvalue weighted by Gasteiger charge is -2.29. The van der Waals surface area contributed by atoms with Gasteiger partial charge in [0, 0.05) is 72.0 Å². The number of fused-ring (bicyclic) bond motifs is 1. The Morgan fingerprint density at radius 1 is 1.18 bits per heavy atom. The van der Waals surface area contributed by atoms with E-state index in [4.69, 9.17) is 11.6 Å². The maximum atomic E-state index is 13.5. The number of likely N-dealkylation sites (tertiary alicyclic amines) is 1. The fourth-order valence-corrected chi connectivity index (χ4v) is 5.94. The standard InChI is InChI=1S/C30H36ClF2N3O2S/c1-4-30(32,33)39-16-14-34-28(37)26-12-9-23-6-5-20(2)36(19-27(23)21(26)3)18-22-13-15-35(17-22)29(38)24-7-10-25(31)11-8-24/h6-12,19-20,22H,4-5,13-18H2,1-3H3,(H,34,37). The number of nitrogens with one attached hydrogen (secondary N) is 1. The molecule has 210 valence electrons. The van der Waals surface area contributed by atoms with Crippen molar-refractivity contribution < 1.29 is 18.4 Å². The highest BCUT2D eigenvalue weighted by Crippen LogP contribution is 2.31. The van der Waals surface area contributed by atoms with E-state index in [1.54, 1.807) is 24.3 Å². The second-order valence-corrected chi connectivity index (χ2v) is 12.1. The Morgan fingerprint density at radius 2 is 1.92 bits per heavy atom. The van der Waals surface area contributed by atoms with Gasteiger partial charge in [-0.2, -0.15) is 8.78 Å². The summed E-state index contributed by atoms with van der Waals surface area (Å²) in [5.74, 6) is 0.275. The number of thioether (sulfide) groups is 1. The number of alkyl halides is 2. The summed E-state index contributed by atoms with van der Waals surface area (Å²) in [5, 5.41) is 2.73. The van der Waals surface area contributed by atoms with Crippen molar-refractivity contribution in [2.45, 2.75) is 51.3 Å². The van der Waals surface area contributed by atoms with E-state index in [0.29, 0.717) is 40.4 Å². The number of carbonyl (C=O) groups is 2. The fraction of sp³-hybridized carbons (Fsp3) is 0.467. The molecule has 2 aliphatic heterocycles. The number of benzene rings is 2. The zero-order valence-electron chi connectivity index (χ0n) is 22.7. The summed E-state index contributed by atoms with van der Waals surface area (Å²) in [6.45, 7) is 8.00. The Balaban J connectivity index is 1.44. The molecule has 0 aromatic heterocycles. The van der Waals surface area contributed by atoms with Gasteiger partial charge in [0.15, 0.2) is 0 Å². The van der Waals surface area contributed by atoms with Crippen molar-refractivity contribution in [2.75, 3.05) is 31.9 Å². The zero-order valence-corrected chi connectivity index (χ0v) is 24.3. The first-order valence-electron chi connectivity index (χ1n) is 13.5. The van der Waals surface area contributed by atoms with Gasteiger partial charge in [-0.15, -0.1) is 0 Å².